The number of carbonyl (C=O) groups is 1. The van der Waals surface area contributed by atoms with Crippen molar-refractivity contribution in [3.05, 3.63) is 75.6 Å². The Kier molecular flexibility index (Phi) is 6.77. The Morgan fingerprint density at radius 3 is 2.66 bits per heavy atom. The van der Waals surface area contributed by atoms with E-state index in [0.29, 0.717) is 30.7 Å². The first kappa shape index (κ1) is 25.2. The molecular formula is C32H37NO5. The predicted molar refractivity (Wildman–Crippen MR) is 146 cm³/mol. The number of carbonyl (C=O) groups excluding carboxylic acids is 1. The van der Waals surface area contributed by atoms with Crippen LogP contribution in [-0.4, -0.2) is 34.2 Å². The second kappa shape index (κ2) is 10.2. The van der Waals surface area contributed by atoms with Crippen LogP contribution in [0, 0.1) is 5.92 Å². The first-order valence-electron chi connectivity index (χ1n) is 14.3. The van der Waals surface area contributed by atoms with Crippen molar-refractivity contribution >= 4 is 16.9 Å². The van der Waals surface area contributed by atoms with Gasteiger partial charge in [0.2, 0.25) is 0 Å². The van der Waals surface area contributed by atoms with Crippen molar-refractivity contribution in [3.63, 3.8) is 0 Å². The molecule has 2 aromatic carbocycles. The van der Waals surface area contributed by atoms with Gasteiger partial charge in [0, 0.05) is 29.5 Å². The number of amides is 1. The minimum absolute atomic E-state index is 0.00924. The third-order valence-corrected chi connectivity index (χ3v) is 9.11. The number of benzene rings is 2. The van der Waals surface area contributed by atoms with Crippen LogP contribution in [0.5, 0.6) is 5.75 Å². The van der Waals surface area contributed by atoms with E-state index in [1.165, 1.54) is 0 Å². The number of ether oxygens (including phenoxy) is 1. The summed E-state index contributed by atoms with van der Waals surface area (Å²) in [7, 11) is 0. The van der Waals surface area contributed by atoms with Crippen LogP contribution < -0.4 is 10.4 Å². The maximum absolute atomic E-state index is 14.1. The summed E-state index contributed by atoms with van der Waals surface area (Å²) in [4.78, 5) is 28.6. The van der Waals surface area contributed by atoms with Crippen molar-refractivity contribution in [2.45, 2.75) is 88.9 Å². The Balaban J connectivity index is 1.29. The number of likely N-dealkylation sites (tertiary alicyclic amines) is 1. The number of hydrogen-bond acceptors (Lipinski definition) is 5. The summed E-state index contributed by atoms with van der Waals surface area (Å²) in [5.41, 5.74) is 2.50. The van der Waals surface area contributed by atoms with E-state index in [4.69, 9.17) is 9.15 Å². The van der Waals surface area contributed by atoms with E-state index in [2.05, 4.69) is 12.1 Å². The molecule has 0 unspecified atom stereocenters. The van der Waals surface area contributed by atoms with Gasteiger partial charge in [0.05, 0.1) is 11.6 Å². The number of hydrogen-bond donors (Lipinski definition) is 1. The van der Waals surface area contributed by atoms with Gasteiger partial charge in [0.15, 0.2) is 6.10 Å². The van der Waals surface area contributed by atoms with Gasteiger partial charge in [-0.15, -0.1) is 0 Å². The maximum Gasteiger partial charge on any atom is 0.339 e. The van der Waals surface area contributed by atoms with Gasteiger partial charge in [-0.05, 0) is 74.6 Å². The lowest BCUT2D eigenvalue weighted by molar-refractivity contribution is -0.161. The Morgan fingerprint density at radius 2 is 1.87 bits per heavy atom. The van der Waals surface area contributed by atoms with E-state index in [1.54, 1.807) is 6.07 Å². The Bertz CT molecular complexity index is 1380. The molecule has 1 saturated carbocycles. The second-order valence-electron chi connectivity index (χ2n) is 11.3. The van der Waals surface area contributed by atoms with Gasteiger partial charge >= 0.3 is 5.63 Å². The van der Waals surface area contributed by atoms with Gasteiger partial charge in [-0.25, -0.2) is 4.79 Å². The molecule has 2 fully saturated rings. The fourth-order valence-electron chi connectivity index (χ4n) is 7.15. The summed E-state index contributed by atoms with van der Waals surface area (Å²) < 4.78 is 12.0. The van der Waals surface area contributed by atoms with Gasteiger partial charge in [0.1, 0.15) is 11.3 Å². The quantitative estimate of drug-likeness (QED) is 0.440. The normalized spacial score (nSPS) is 25.9. The average Bonchev–Trinajstić information content (AvgIpc) is 2.95. The van der Waals surface area contributed by atoms with E-state index in [9.17, 15) is 14.7 Å². The minimum atomic E-state index is -0.729. The fraction of sp³-hybridized carbons (Fsp3) is 0.500. The molecule has 0 radical (unpaired) electrons. The Labute approximate surface area is 223 Å². The summed E-state index contributed by atoms with van der Waals surface area (Å²) in [5.74, 6) is 0.481. The third-order valence-electron chi connectivity index (χ3n) is 9.11. The maximum atomic E-state index is 14.1. The van der Waals surface area contributed by atoms with Crippen molar-refractivity contribution in [2.24, 2.45) is 5.92 Å². The third kappa shape index (κ3) is 4.43. The molecular weight excluding hydrogens is 478 g/mol. The summed E-state index contributed by atoms with van der Waals surface area (Å²) >= 11 is 0. The lowest BCUT2D eigenvalue weighted by Crippen LogP contribution is -2.58. The lowest BCUT2D eigenvalue weighted by Gasteiger charge is -2.53. The van der Waals surface area contributed by atoms with Crippen LogP contribution in [-0.2, 0) is 17.6 Å². The van der Waals surface area contributed by atoms with Crippen LogP contribution in [0.25, 0.3) is 11.0 Å². The molecule has 1 saturated heterocycles. The van der Waals surface area contributed by atoms with Crippen LogP contribution >= 0.6 is 0 Å². The molecule has 0 spiro atoms. The molecule has 1 N–H and O–H groups in total. The molecule has 200 valence electrons. The number of aliphatic hydroxyl groups is 1. The summed E-state index contributed by atoms with van der Waals surface area (Å²) in [6.45, 7) is 2.46. The van der Waals surface area contributed by atoms with Crippen molar-refractivity contribution in [1.29, 1.82) is 0 Å². The van der Waals surface area contributed by atoms with Crippen molar-refractivity contribution in [1.82, 2.24) is 4.90 Å². The number of aryl methyl sites for hydroxylation is 1. The smallest absolute Gasteiger partial charge is 0.339 e. The average molecular weight is 516 g/mol. The highest BCUT2D eigenvalue weighted by Gasteiger charge is 2.50. The van der Waals surface area contributed by atoms with Gasteiger partial charge in [-0.3, -0.25) is 4.79 Å². The van der Waals surface area contributed by atoms with Crippen LogP contribution in [0.1, 0.15) is 81.0 Å². The van der Waals surface area contributed by atoms with Gasteiger partial charge < -0.3 is 19.2 Å². The molecule has 1 aliphatic heterocycles. The molecule has 4 atom stereocenters. The summed E-state index contributed by atoms with van der Waals surface area (Å²) in [6.07, 6.45) is 7.99. The molecule has 1 amide bonds. The van der Waals surface area contributed by atoms with Crippen molar-refractivity contribution in [2.75, 3.05) is 6.54 Å². The molecule has 6 nitrogen and oxygen atoms in total. The van der Waals surface area contributed by atoms with E-state index in [0.717, 1.165) is 73.4 Å². The highest BCUT2D eigenvalue weighted by molar-refractivity contribution is 5.84. The number of piperidine rings is 1. The van der Waals surface area contributed by atoms with Gasteiger partial charge in [-0.1, -0.05) is 50.1 Å². The number of rotatable bonds is 5. The zero-order valence-corrected chi connectivity index (χ0v) is 22.2. The first-order chi connectivity index (χ1) is 18.5. The van der Waals surface area contributed by atoms with Gasteiger partial charge in [0.25, 0.3) is 5.91 Å². The fourth-order valence-corrected chi connectivity index (χ4v) is 7.15. The van der Waals surface area contributed by atoms with E-state index >= 15 is 0 Å². The SMILES string of the molecule is CC[C@H](Oc1ccc2c3c(c(=O)oc2c1)CCCC3)C(=O)N1CC[C@]2(O)CCCC[C@@H]2[C@@H]1c1ccccc1. The highest BCUT2D eigenvalue weighted by atomic mass is 16.5. The molecule has 1 aromatic heterocycles. The Morgan fingerprint density at radius 1 is 1.08 bits per heavy atom. The monoisotopic (exact) mass is 515 g/mol. The van der Waals surface area contributed by atoms with Crippen molar-refractivity contribution in [3.8, 4) is 5.75 Å². The highest BCUT2D eigenvalue weighted by Crippen LogP contribution is 2.49. The zero-order valence-electron chi connectivity index (χ0n) is 22.2. The van der Waals surface area contributed by atoms with Crippen LogP contribution in [0.3, 0.4) is 0 Å². The van der Waals surface area contributed by atoms with E-state index in [-0.39, 0.29) is 23.5 Å². The molecule has 2 aliphatic carbocycles. The first-order valence-corrected chi connectivity index (χ1v) is 14.3. The minimum Gasteiger partial charge on any atom is -0.480 e. The molecule has 0 bridgehead atoms. The van der Waals surface area contributed by atoms with Crippen LogP contribution in [0.15, 0.2) is 57.7 Å². The summed E-state index contributed by atoms with van der Waals surface area (Å²) in [5, 5.41) is 12.5. The number of nitrogens with zero attached hydrogens (tertiary/aromatic N) is 1. The molecule has 6 rings (SSSR count). The van der Waals surface area contributed by atoms with Crippen LogP contribution in [0.2, 0.25) is 0 Å². The molecule has 2 heterocycles. The van der Waals surface area contributed by atoms with Crippen LogP contribution in [0.4, 0.5) is 0 Å². The molecule has 3 aromatic rings. The number of fused-ring (bicyclic) bond motifs is 4. The summed E-state index contributed by atoms with van der Waals surface area (Å²) in [6, 6.07) is 15.6. The Hall–Kier alpha value is -3.12. The lowest BCUT2D eigenvalue weighted by atomic mass is 9.66. The molecule has 6 heteroatoms. The molecule has 38 heavy (non-hydrogen) atoms. The second-order valence-corrected chi connectivity index (χ2v) is 11.3. The predicted octanol–water partition coefficient (Wildman–Crippen LogP) is 5.72. The zero-order chi connectivity index (χ0) is 26.3. The van der Waals surface area contributed by atoms with E-state index < -0.39 is 11.7 Å². The molecule has 3 aliphatic rings. The topological polar surface area (TPSA) is 80.0 Å². The van der Waals surface area contributed by atoms with Gasteiger partial charge in [-0.2, -0.15) is 0 Å². The largest absolute Gasteiger partial charge is 0.480 e. The van der Waals surface area contributed by atoms with E-state index in [1.807, 2.05) is 42.2 Å². The van der Waals surface area contributed by atoms with Crippen molar-refractivity contribution < 1.29 is 19.1 Å². The standard InChI is InChI=1S/C32H37NO5/c1-2-27(37-22-15-16-24-23-12-6-7-13-25(23)31(35)38-28(24)20-22)30(34)33-19-18-32(36)17-9-8-14-26(32)29(33)21-10-4-3-5-11-21/h3-5,10-11,15-16,20,26-27,29,36H,2,6-9,12-14,17-19H2,1H3/t26-,27+,29+,32-/m1/s1.